The van der Waals surface area contributed by atoms with Crippen LogP contribution in [-0.4, -0.2) is 29.8 Å². The Morgan fingerprint density at radius 1 is 1.48 bits per heavy atom. The first kappa shape index (κ1) is 15.5. The molecular weight excluding hydrogens is 323 g/mol. The predicted octanol–water partition coefficient (Wildman–Crippen LogP) is 2.01. The van der Waals surface area contributed by atoms with Gasteiger partial charge in [0.2, 0.25) is 0 Å². The van der Waals surface area contributed by atoms with Gasteiger partial charge in [-0.1, -0.05) is 11.6 Å². The quantitative estimate of drug-likeness (QED) is 0.861. The maximum Gasteiger partial charge on any atom is 0.339 e. The van der Waals surface area contributed by atoms with Crippen LogP contribution in [0.2, 0.25) is 5.02 Å². The van der Waals surface area contributed by atoms with Gasteiger partial charge in [-0.2, -0.15) is 0 Å². The summed E-state index contributed by atoms with van der Waals surface area (Å²) in [6.45, 7) is 0. The van der Waals surface area contributed by atoms with Crippen molar-refractivity contribution in [2.24, 2.45) is 0 Å². The van der Waals surface area contributed by atoms with E-state index >= 15 is 0 Å². The SMILES string of the molecule is O=C(O)c1cnc(CS(=O)[O-])nc1-c1ccc(F)cc1Cl. The molecule has 1 aromatic carbocycles. The summed E-state index contributed by atoms with van der Waals surface area (Å²) in [7, 11) is 0. The lowest BCUT2D eigenvalue weighted by molar-refractivity contribution is 0.0697. The average Bonchev–Trinajstić information content (AvgIpc) is 2.37. The average molecular weight is 330 g/mol. The second kappa shape index (κ2) is 6.25. The highest BCUT2D eigenvalue weighted by Gasteiger charge is 2.18. The van der Waals surface area contributed by atoms with Crippen molar-refractivity contribution in [2.75, 3.05) is 0 Å². The number of carbonyl (C=O) groups is 1. The third-order valence-corrected chi connectivity index (χ3v) is 3.31. The zero-order chi connectivity index (χ0) is 15.6. The molecule has 0 saturated heterocycles. The Morgan fingerprint density at radius 3 is 2.76 bits per heavy atom. The van der Waals surface area contributed by atoms with Crippen molar-refractivity contribution in [1.29, 1.82) is 0 Å². The summed E-state index contributed by atoms with van der Waals surface area (Å²) in [4.78, 5) is 18.8. The molecule has 2 rings (SSSR count). The van der Waals surface area contributed by atoms with Gasteiger partial charge in [-0.3, -0.25) is 4.21 Å². The fourth-order valence-corrected chi connectivity index (χ4v) is 2.24. The normalized spacial score (nSPS) is 12.1. The fraction of sp³-hybridized carbons (Fsp3) is 0.0833. The van der Waals surface area contributed by atoms with Gasteiger partial charge >= 0.3 is 5.97 Å². The predicted molar refractivity (Wildman–Crippen MR) is 72.0 cm³/mol. The number of rotatable bonds is 4. The molecule has 1 atom stereocenters. The summed E-state index contributed by atoms with van der Waals surface area (Å²) in [5.74, 6) is -2.44. The van der Waals surface area contributed by atoms with E-state index in [1.165, 1.54) is 6.07 Å². The van der Waals surface area contributed by atoms with Gasteiger partial charge in [0.05, 0.1) is 16.5 Å². The minimum absolute atomic E-state index is 0.0367. The molecule has 1 N–H and O–H groups in total. The Kier molecular flexibility index (Phi) is 4.61. The monoisotopic (exact) mass is 329 g/mol. The highest BCUT2D eigenvalue weighted by Crippen LogP contribution is 2.29. The van der Waals surface area contributed by atoms with Gasteiger partial charge in [-0.05, 0) is 29.3 Å². The van der Waals surface area contributed by atoms with E-state index in [2.05, 4.69) is 9.97 Å². The second-order valence-electron chi connectivity index (χ2n) is 3.93. The van der Waals surface area contributed by atoms with Crippen LogP contribution < -0.4 is 0 Å². The first-order valence-electron chi connectivity index (χ1n) is 5.49. The highest BCUT2D eigenvalue weighted by molar-refractivity contribution is 7.78. The molecule has 0 aliphatic heterocycles. The van der Waals surface area contributed by atoms with Crippen LogP contribution in [0.5, 0.6) is 0 Å². The van der Waals surface area contributed by atoms with Gasteiger partial charge < -0.3 is 9.66 Å². The molecule has 0 amide bonds. The molecule has 0 spiro atoms. The van der Waals surface area contributed by atoms with Crippen molar-refractivity contribution < 1.29 is 23.1 Å². The number of nitrogens with zero attached hydrogens (tertiary/aromatic N) is 2. The van der Waals surface area contributed by atoms with Crippen molar-refractivity contribution in [1.82, 2.24) is 9.97 Å². The van der Waals surface area contributed by atoms with E-state index < -0.39 is 28.6 Å². The van der Waals surface area contributed by atoms with E-state index in [0.717, 1.165) is 18.3 Å². The molecule has 21 heavy (non-hydrogen) atoms. The van der Waals surface area contributed by atoms with Crippen LogP contribution >= 0.6 is 11.6 Å². The van der Waals surface area contributed by atoms with Gasteiger partial charge in [-0.15, -0.1) is 0 Å². The molecule has 0 aliphatic carbocycles. The van der Waals surface area contributed by atoms with Gasteiger partial charge in [0.25, 0.3) is 0 Å². The number of benzene rings is 1. The first-order valence-corrected chi connectivity index (χ1v) is 7.11. The van der Waals surface area contributed by atoms with Crippen LogP contribution in [0.25, 0.3) is 11.3 Å². The minimum atomic E-state index is -2.42. The number of hydrogen-bond acceptors (Lipinski definition) is 5. The third-order valence-electron chi connectivity index (χ3n) is 2.50. The van der Waals surface area contributed by atoms with Crippen molar-refractivity contribution in [2.45, 2.75) is 5.75 Å². The third kappa shape index (κ3) is 3.60. The van der Waals surface area contributed by atoms with Gasteiger partial charge in [0.1, 0.15) is 17.2 Å². The lowest BCUT2D eigenvalue weighted by Gasteiger charge is -2.10. The summed E-state index contributed by atoms with van der Waals surface area (Å²) in [5.41, 5.74) is -0.150. The maximum atomic E-state index is 13.1. The Labute approximate surface area is 125 Å². The molecule has 1 aromatic heterocycles. The van der Waals surface area contributed by atoms with Crippen molar-refractivity contribution in [3.63, 3.8) is 0 Å². The van der Waals surface area contributed by atoms with Crippen LogP contribution in [0.15, 0.2) is 24.4 Å². The number of hydrogen-bond donors (Lipinski definition) is 1. The zero-order valence-corrected chi connectivity index (χ0v) is 11.8. The largest absolute Gasteiger partial charge is 0.772 e. The van der Waals surface area contributed by atoms with Crippen LogP contribution in [0.4, 0.5) is 4.39 Å². The Morgan fingerprint density at radius 2 is 2.19 bits per heavy atom. The molecule has 0 radical (unpaired) electrons. The van der Waals surface area contributed by atoms with Crippen LogP contribution in [-0.2, 0) is 16.8 Å². The Bertz CT molecular complexity index is 741. The minimum Gasteiger partial charge on any atom is -0.772 e. The topological polar surface area (TPSA) is 103 Å². The maximum absolute atomic E-state index is 13.1. The van der Waals surface area contributed by atoms with Crippen molar-refractivity contribution in [3.8, 4) is 11.3 Å². The number of carboxylic acids is 1. The van der Waals surface area contributed by atoms with Gasteiger partial charge in [0.15, 0.2) is 0 Å². The van der Waals surface area contributed by atoms with E-state index in [1.54, 1.807) is 0 Å². The standard InChI is InChI=1S/C12H8ClFN2O4S/c13-9-3-6(14)1-2-7(9)11-8(12(17)18)4-15-10(16-11)5-21(19)20/h1-4H,5H2,(H,17,18)(H,19,20)/p-1. The van der Waals surface area contributed by atoms with Gasteiger partial charge in [0, 0.05) is 11.8 Å². The number of aromatic carboxylic acids is 1. The molecule has 2 aromatic rings. The first-order chi connectivity index (χ1) is 9.88. The molecule has 0 aliphatic rings. The summed E-state index contributed by atoms with van der Waals surface area (Å²) < 4.78 is 34.4. The summed E-state index contributed by atoms with van der Waals surface area (Å²) in [6.07, 6.45) is 0.993. The summed E-state index contributed by atoms with van der Waals surface area (Å²) >= 11 is 3.46. The van der Waals surface area contributed by atoms with E-state index in [-0.39, 0.29) is 27.7 Å². The molecule has 1 unspecified atom stereocenters. The van der Waals surface area contributed by atoms with Crippen LogP contribution in [0.3, 0.4) is 0 Å². The summed E-state index contributed by atoms with van der Waals surface area (Å²) in [5, 5.41) is 9.09. The number of aromatic nitrogens is 2. The molecule has 9 heteroatoms. The molecule has 0 bridgehead atoms. The van der Waals surface area contributed by atoms with E-state index in [0.29, 0.717) is 0 Å². The number of halogens is 2. The van der Waals surface area contributed by atoms with Crippen molar-refractivity contribution in [3.05, 3.63) is 46.6 Å². The summed E-state index contributed by atoms with van der Waals surface area (Å²) in [6, 6.07) is 3.38. The molecule has 0 saturated carbocycles. The molecule has 0 fully saturated rings. The van der Waals surface area contributed by atoms with Gasteiger partial charge in [-0.25, -0.2) is 19.2 Å². The second-order valence-corrected chi connectivity index (χ2v) is 5.23. The molecule has 110 valence electrons. The lowest BCUT2D eigenvalue weighted by Crippen LogP contribution is -2.08. The van der Waals surface area contributed by atoms with Crippen LogP contribution in [0.1, 0.15) is 16.2 Å². The van der Waals surface area contributed by atoms with E-state index in [9.17, 15) is 17.9 Å². The van der Waals surface area contributed by atoms with Crippen molar-refractivity contribution >= 4 is 28.7 Å². The number of carboxylic acid groups (broad SMARTS) is 1. The fourth-order valence-electron chi connectivity index (χ4n) is 1.64. The Balaban J connectivity index is 2.62. The smallest absolute Gasteiger partial charge is 0.339 e. The Hall–Kier alpha value is -1.90. The van der Waals surface area contributed by atoms with E-state index in [4.69, 9.17) is 16.7 Å². The molecule has 1 heterocycles. The zero-order valence-electron chi connectivity index (χ0n) is 10.2. The van der Waals surface area contributed by atoms with E-state index in [1.807, 2.05) is 0 Å². The molecule has 6 nitrogen and oxygen atoms in total. The lowest BCUT2D eigenvalue weighted by atomic mass is 10.1. The molecular formula is C12H7ClFN2O4S-. The highest BCUT2D eigenvalue weighted by atomic mass is 35.5. The van der Waals surface area contributed by atoms with Crippen LogP contribution in [0, 0.1) is 5.82 Å².